The molecular formula is C15H22N2O2. The van der Waals surface area contributed by atoms with E-state index in [-0.39, 0.29) is 0 Å². The molecule has 4 nitrogen and oxygen atoms in total. The minimum atomic E-state index is -0.459. The fourth-order valence-electron chi connectivity index (χ4n) is 2.55. The molecule has 0 aromatic heterocycles. The number of benzene rings is 1. The van der Waals surface area contributed by atoms with E-state index in [0.717, 1.165) is 0 Å². The second kappa shape index (κ2) is 6.45. The molecule has 2 rings (SSSR count). The molecule has 1 amide bonds. The van der Waals surface area contributed by atoms with Gasteiger partial charge in [0, 0.05) is 5.56 Å². The minimum Gasteiger partial charge on any atom is -0.491 e. The van der Waals surface area contributed by atoms with Crippen LogP contribution in [0.2, 0.25) is 0 Å². The van der Waals surface area contributed by atoms with Crippen LogP contribution in [0.3, 0.4) is 0 Å². The average molecular weight is 262 g/mol. The summed E-state index contributed by atoms with van der Waals surface area (Å²) in [5, 5.41) is 0. The molecule has 0 bridgehead atoms. The number of carbonyl (C=O) groups excluding carboxylic acids is 1. The minimum absolute atomic E-state index is 0.435. The first-order valence-electron chi connectivity index (χ1n) is 6.99. The van der Waals surface area contributed by atoms with Crippen LogP contribution in [0.5, 0.6) is 5.75 Å². The van der Waals surface area contributed by atoms with E-state index in [1.807, 2.05) is 0 Å². The molecule has 1 fully saturated rings. The molecule has 1 aromatic carbocycles. The highest BCUT2D eigenvalue weighted by Crippen LogP contribution is 2.27. The van der Waals surface area contributed by atoms with Crippen molar-refractivity contribution in [2.24, 2.45) is 11.7 Å². The molecule has 0 heterocycles. The van der Waals surface area contributed by atoms with Gasteiger partial charge in [-0.05, 0) is 37.0 Å². The largest absolute Gasteiger partial charge is 0.491 e. The molecular weight excluding hydrogens is 240 g/mol. The Bertz CT molecular complexity index is 438. The Kier molecular flexibility index (Phi) is 4.66. The molecule has 0 atom stereocenters. The van der Waals surface area contributed by atoms with Crippen LogP contribution in [0.25, 0.3) is 0 Å². The Morgan fingerprint density at radius 3 is 2.53 bits per heavy atom. The van der Waals surface area contributed by atoms with Gasteiger partial charge in [-0.3, -0.25) is 4.79 Å². The molecule has 104 valence electrons. The molecule has 0 spiro atoms. The lowest BCUT2D eigenvalue weighted by molar-refractivity contribution is 0.1000. The van der Waals surface area contributed by atoms with Crippen molar-refractivity contribution < 1.29 is 9.53 Å². The van der Waals surface area contributed by atoms with Gasteiger partial charge in [-0.1, -0.05) is 25.7 Å². The maximum Gasteiger partial charge on any atom is 0.248 e. The van der Waals surface area contributed by atoms with Crippen molar-refractivity contribution in [3.8, 4) is 5.75 Å². The van der Waals surface area contributed by atoms with Gasteiger partial charge in [-0.2, -0.15) is 0 Å². The van der Waals surface area contributed by atoms with Crippen molar-refractivity contribution in [3.05, 3.63) is 23.8 Å². The van der Waals surface area contributed by atoms with Crippen LogP contribution in [-0.2, 0) is 0 Å². The molecule has 1 saturated carbocycles. The zero-order chi connectivity index (χ0) is 13.7. The van der Waals surface area contributed by atoms with Gasteiger partial charge in [-0.25, -0.2) is 0 Å². The number of nitrogens with two attached hydrogens (primary N) is 2. The predicted octanol–water partition coefficient (Wildman–Crippen LogP) is 2.72. The Balaban J connectivity index is 1.97. The molecule has 0 unspecified atom stereocenters. The monoisotopic (exact) mass is 262 g/mol. The summed E-state index contributed by atoms with van der Waals surface area (Å²) in [4.78, 5) is 11.1. The number of hydrogen-bond acceptors (Lipinski definition) is 3. The summed E-state index contributed by atoms with van der Waals surface area (Å²) in [5.41, 5.74) is 12.1. The van der Waals surface area contributed by atoms with Gasteiger partial charge >= 0.3 is 0 Å². The molecule has 0 radical (unpaired) electrons. The van der Waals surface area contributed by atoms with Gasteiger partial charge in [-0.15, -0.1) is 0 Å². The van der Waals surface area contributed by atoms with Crippen LogP contribution in [0.4, 0.5) is 5.69 Å². The summed E-state index contributed by atoms with van der Waals surface area (Å²) in [6.45, 7) is 0.673. The average Bonchev–Trinajstić information content (AvgIpc) is 2.66. The summed E-state index contributed by atoms with van der Waals surface area (Å²) in [7, 11) is 0. The number of amides is 1. The summed E-state index contributed by atoms with van der Waals surface area (Å²) < 4.78 is 5.79. The third-order valence-electron chi connectivity index (χ3n) is 3.75. The topological polar surface area (TPSA) is 78.3 Å². The van der Waals surface area contributed by atoms with Gasteiger partial charge in [0.05, 0.1) is 12.3 Å². The Morgan fingerprint density at radius 1 is 1.21 bits per heavy atom. The van der Waals surface area contributed by atoms with E-state index in [1.54, 1.807) is 18.2 Å². The first-order valence-corrected chi connectivity index (χ1v) is 6.99. The fourth-order valence-corrected chi connectivity index (χ4v) is 2.55. The smallest absolute Gasteiger partial charge is 0.248 e. The highest BCUT2D eigenvalue weighted by atomic mass is 16.5. The van der Waals surface area contributed by atoms with Gasteiger partial charge < -0.3 is 16.2 Å². The first-order chi connectivity index (χ1) is 9.16. The van der Waals surface area contributed by atoms with Crippen LogP contribution >= 0.6 is 0 Å². The second-order valence-corrected chi connectivity index (χ2v) is 5.29. The van der Waals surface area contributed by atoms with E-state index in [9.17, 15) is 4.79 Å². The summed E-state index contributed by atoms with van der Waals surface area (Å²) in [6.07, 6.45) is 7.66. The lowest BCUT2D eigenvalue weighted by atomic mass is 10.0. The van der Waals surface area contributed by atoms with Gasteiger partial charge in [0.15, 0.2) is 0 Å². The summed E-state index contributed by atoms with van der Waals surface area (Å²) in [5.74, 6) is 0.707. The Morgan fingerprint density at radius 2 is 1.89 bits per heavy atom. The quantitative estimate of drug-likeness (QED) is 0.647. The number of primary amides is 1. The molecule has 0 aliphatic heterocycles. The van der Waals surface area contributed by atoms with Crippen LogP contribution in [0, 0.1) is 5.92 Å². The zero-order valence-corrected chi connectivity index (χ0v) is 11.2. The van der Waals surface area contributed by atoms with Crippen molar-refractivity contribution in [2.75, 3.05) is 12.3 Å². The molecule has 4 heteroatoms. The predicted molar refractivity (Wildman–Crippen MR) is 76.1 cm³/mol. The van der Waals surface area contributed by atoms with E-state index in [4.69, 9.17) is 16.2 Å². The third kappa shape index (κ3) is 3.88. The van der Waals surface area contributed by atoms with Crippen LogP contribution < -0.4 is 16.2 Å². The molecule has 19 heavy (non-hydrogen) atoms. The standard InChI is InChI=1S/C15H22N2O2/c16-13-8-7-12(15(17)18)9-14(13)19-10-11-5-3-1-2-4-6-11/h7-9,11H,1-6,10,16H2,(H2,17,18). The highest BCUT2D eigenvalue weighted by Gasteiger charge is 2.14. The van der Waals surface area contributed by atoms with Crippen molar-refractivity contribution in [2.45, 2.75) is 38.5 Å². The van der Waals surface area contributed by atoms with Crippen LogP contribution in [-0.4, -0.2) is 12.5 Å². The fraction of sp³-hybridized carbons (Fsp3) is 0.533. The summed E-state index contributed by atoms with van der Waals surface area (Å²) >= 11 is 0. The summed E-state index contributed by atoms with van der Waals surface area (Å²) in [6, 6.07) is 4.92. The van der Waals surface area contributed by atoms with Crippen molar-refractivity contribution in [3.63, 3.8) is 0 Å². The number of hydrogen-bond donors (Lipinski definition) is 2. The Hall–Kier alpha value is -1.71. The lowest BCUT2D eigenvalue weighted by Crippen LogP contribution is -2.14. The zero-order valence-electron chi connectivity index (χ0n) is 11.2. The number of ether oxygens (including phenoxy) is 1. The lowest BCUT2D eigenvalue weighted by Gasteiger charge is -2.16. The number of carbonyl (C=O) groups is 1. The van der Waals surface area contributed by atoms with Gasteiger partial charge in [0.25, 0.3) is 0 Å². The molecule has 0 saturated heterocycles. The van der Waals surface area contributed by atoms with Crippen molar-refractivity contribution >= 4 is 11.6 Å². The number of anilines is 1. The highest BCUT2D eigenvalue weighted by molar-refractivity contribution is 5.93. The molecule has 1 aromatic rings. The van der Waals surface area contributed by atoms with Gasteiger partial charge in [0.1, 0.15) is 5.75 Å². The van der Waals surface area contributed by atoms with Crippen molar-refractivity contribution in [1.82, 2.24) is 0 Å². The van der Waals surface area contributed by atoms with Crippen LogP contribution in [0.15, 0.2) is 18.2 Å². The maximum absolute atomic E-state index is 11.1. The van der Waals surface area contributed by atoms with E-state index in [1.165, 1.54) is 38.5 Å². The van der Waals surface area contributed by atoms with E-state index < -0.39 is 5.91 Å². The van der Waals surface area contributed by atoms with Crippen molar-refractivity contribution in [1.29, 1.82) is 0 Å². The maximum atomic E-state index is 11.1. The van der Waals surface area contributed by atoms with Crippen LogP contribution in [0.1, 0.15) is 48.9 Å². The number of rotatable bonds is 4. The first kappa shape index (κ1) is 13.7. The van der Waals surface area contributed by atoms with E-state index >= 15 is 0 Å². The normalized spacial score (nSPS) is 16.8. The SMILES string of the molecule is NC(=O)c1ccc(N)c(OCC2CCCCCC2)c1. The Labute approximate surface area is 114 Å². The van der Waals surface area contributed by atoms with E-state index in [2.05, 4.69) is 0 Å². The van der Waals surface area contributed by atoms with E-state index in [0.29, 0.717) is 29.5 Å². The third-order valence-corrected chi connectivity index (χ3v) is 3.75. The molecule has 1 aliphatic carbocycles. The number of nitrogen functional groups attached to an aromatic ring is 1. The molecule has 1 aliphatic rings. The van der Waals surface area contributed by atoms with Gasteiger partial charge in [0.2, 0.25) is 5.91 Å². The second-order valence-electron chi connectivity index (χ2n) is 5.29. The molecule has 4 N–H and O–H groups in total.